The number of carbonyl (C=O) groups is 3. The van der Waals surface area contributed by atoms with Crippen LogP contribution in [0.1, 0.15) is 29.9 Å². The number of para-hydroxylation sites is 1. The van der Waals surface area contributed by atoms with Gasteiger partial charge in [-0.3, -0.25) is 14.4 Å². The molecule has 0 bridgehead atoms. The SMILES string of the molecule is CCOC(=O)CNC(=O)COc1cc(=O)n(-c2ccccc2C)nc1C(=O)OCC. The zero-order valence-electron chi connectivity index (χ0n) is 17.0. The average Bonchev–Trinajstić information content (AvgIpc) is 2.71. The third kappa shape index (κ3) is 5.90. The number of nitrogens with one attached hydrogen (secondary N) is 1. The lowest BCUT2D eigenvalue weighted by molar-refractivity contribution is -0.143. The quantitative estimate of drug-likeness (QED) is 0.593. The highest BCUT2D eigenvalue weighted by molar-refractivity contribution is 5.90. The molecule has 2 aromatic rings. The molecule has 0 aliphatic heterocycles. The first-order valence-electron chi connectivity index (χ1n) is 9.30. The monoisotopic (exact) mass is 417 g/mol. The molecule has 160 valence electrons. The van der Waals surface area contributed by atoms with Crippen molar-refractivity contribution in [1.29, 1.82) is 0 Å². The Morgan fingerprint density at radius 1 is 1.10 bits per heavy atom. The van der Waals surface area contributed by atoms with Crippen LogP contribution in [0.15, 0.2) is 35.1 Å². The van der Waals surface area contributed by atoms with Crippen LogP contribution in [0.25, 0.3) is 5.69 Å². The van der Waals surface area contributed by atoms with Crippen molar-refractivity contribution in [2.24, 2.45) is 0 Å². The number of hydrogen-bond donors (Lipinski definition) is 1. The largest absolute Gasteiger partial charge is 0.481 e. The fraction of sp³-hybridized carbons (Fsp3) is 0.350. The van der Waals surface area contributed by atoms with Gasteiger partial charge in [-0.25, -0.2) is 4.79 Å². The van der Waals surface area contributed by atoms with Crippen molar-refractivity contribution >= 4 is 17.8 Å². The van der Waals surface area contributed by atoms with Crippen molar-refractivity contribution in [3.63, 3.8) is 0 Å². The van der Waals surface area contributed by atoms with E-state index in [4.69, 9.17) is 14.2 Å². The third-order valence-corrected chi connectivity index (χ3v) is 3.80. The number of aryl methyl sites for hydroxylation is 1. The lowest BCUT2D eigenvalue weighted by atomic mass is 10.2. The van der Waals surface area contributed by atoms with Crippen molar-refractivity contribution in [2.75, 3.05) is 26.4 Å². The lowest BCUT2D eigenvalue weighted by Gasteiger charge is -2.13. The van der Waals surface area contributed by atoms with Gasteiger partial charge in [0.2, 0.25) is 5.69 Å². The number of esters is 2. The van der Waals surface area contributed by atoms with Gasteiger partial charge in [0.25, 0.3) is 11.5 Å². The number of benzene rings is 1. The van der Waals surface area contributed by atoms with E-state index in [1.165, 1.54) is 0 Å². The molecule has 2 rings (SSSR count). The van der Waals surface area contributed by atoms with Gasteiger partial charge in [0, 0.05) is 0 Å². The summed E-state index contributed by atoms with van der Waals surface area (Å²) < 4.78 is 16.1. The fourth-order valence-corrected chi connectivity index (χ4v) is 2.44. The molecule has 1 aromatic heterocycles. The number of amides is 1. The summed E-state index contributed by atoms with van der Waals surface area (Å²) in [5.74, 6) is -2.24. The van der Waals surface area contributed by atoms with Gasteiger partial charge >= 0.3 is 11.9 Å². The molecular weight excluding hydrogens is 394 g/mol. The molecule has 10 heteroatoms. The van der Waals surface area contributed by atoms with Gasteiger partial charge in [0.1, 0.15) is 6.54 Å². The van der Waals surface area contributed by atoms with E-state index in [1.807, 2.05) is 6.07 Å². The van der Waals surface area contributed by atoms with E-state index in [-0.39, 0.29) is 31.2 Å². The van der Waals surface area contributed by atoms with Crippen LogP contribution < -0.4 is 15.6 Å². The molecule has 1 aromatic carbocycles. The Labute approximate surface area is 172 Å². The summed E-state index contributed by atoms with van der Waals surface area (Å²) in [5.41, 5.74) is 0.456. The number of aromatic nitrogens is 2. The molecule has 0 atom stereocenters. The van der Waals surface area contributed by atoms with Crippen LogP contribution in [-0.4, -0.2) is 54.0 Å². The molecule has 1 heterocycles. The van der Waals surface area contributed by atoms with Crippen LogP contribution >= 0.6 is 0 Å². The summed E-state index contributed by atoms with van der Waals surface area (Å²) in [6.45, 7) is 4.48. The highest BCUT2D eigenvalue weighted by atomic mass is 16.5. The fourth-order valence-electron chi connectivity index (χ4n) is 2.44. The lowest BCUT2D eigenvalue weighted by Crippen LogP contribution is -2.34. The van der Waals surface area contributed by atoms with E-state index in [9.17, 15) is 19.2 Å². The predicted molar refractivity (Wildman–Crippen MR) is 106 cm³/mol. The first-order valence-corrected chi connectivity index (χ1v) is 9.30. The number of ether oxygens (including phenoxy) is 3. The molecule has 0 aliphatic carbocycles. The molecule has 30 heavy (non-hydrogen) atoms. The van der Waals surface area contributed by atoms with E-state index in [2.05, 4.69) is 10.4 Å². The highest BCUT2D eigenvalue weighted by Crippen LogP contribution is 2.17. The summed E-state index contributed by atoms with van der Waals surface area (Å²) >= 11 is 0. The zero-order chi connectivity index (χ0) is 22.1. The molecule has 0 spiro atoms. The topological polar surface area (TPSA) is 126 Å². The predicted octanol–water partition coefficient (Wildman–Crippen LogP) is 0.776. The maximum atomic E-state index is 12.6. The summed E-state index contributed by atoms with van der Waals surface area (Å²) in [6.07, 6.45) is 0. The first-order chi connectivity index (χ1) is 14.4. The van der Waals surface area contributed by atoms with Crippen molar-refractivity contribution < 1.29 is 28.6 Å². The number of carbonyl (C=O) groups excluding carboxylic acids is 3. The van der Waals surface area contributed by atoms with Gasteiger partial charge in [-0.05, 0) is 32.4 Å². The molecular formula is C20H23N3O7. The highest BCUT2D eigenvalue weighted by Gasteiger charge is 2.21. The first kappa shape index (κ1) is 22.6. The van der Waals surface area contributed by atoms with Crippen LogP contribution in [0, 0.1) is 6.92 Å². The van der Waals surface area contributed by atoms with Crippen molar-refractivity contribution in [1.82, 2.24) is 15.1 Å². The van der Waals surface area contributed by atoms with E-state index >= 15 is 0 Å². The van der Waals surface area contributed by atoms with Gasteiger partial charge in [0.05, 0.1) is 25.0 Å². The van der Waals surface area contributed by atoms with Gasteiger partial charge in [-0.15, -0.1) is 0 Å². The Morgan fingerprint density at radius 2 is 1.80 bits per heavy atom. The smallest absolute Gasteiger partial charge is 0.362 e. The Bertz CT molecular complexity index is 985. The summed E-state index contributed by atoms with van der Waals surface area (Å²) in [5, 5.41) is 6.41. The van der Waals surface area contributed by atoms with Gasteiger partial charge in [-0.2, -0.15) is 9.78 Å². The van der Waals surface area contributed by atoms with E-state index in [0.717, 1.165) is 16.3 Å². The molecule has 10 nitrogen and oxygen atoms in total. The molecule has 0 radical (unpaired) electrons. The minimum Gasteiger partial charge on any atom is -0.481 e. The Morgan fingerprint density at radius 3 is 2.47 bits per heavy atom. The standard InChI is InChI=1S/C20H23N3O7/c1-4-28-18(26)11-21-16(24)12-30-15-10-17(25)23(14-9-7-6-8-13(14)3)22-19(15)20(27)29-5-2/h6-10H,4-5,11-12H2,1-3H3,(H,21,24). The zero-order valence-corrected chi connectivity index (χ0v) is 17.0. The van der Waals surface area contributed by atoms with Crippen LogP contribution in [0.5, 0.6) is 5.75 Å². The van der Waals surface area contributed by atoms with E-state index in [1.54, 1.807) is 39.0 Å². The van der Waals surface area contributed by atoms with Crippen LogP contribution in [0.3, 0.4) is 0 Å². The Kier molecular flexibility index (Phi) is 8.09. The summed E-state index contributed by atoms with van der Waals surface area (Å²) in [7, 11) is 0. The minimum absolute atomic E-state index is 0.0868. The maximum Gasteiger partial charge on any atom is 0.362 e. The van der Waals surface area contributed by atoms with Gasteiger partial charge < -0.3 is 19.5 Å². The van der Waals surface area contributed by atoms with Crippen LogP contribution in [0.2, 0.25) is 0 Å². The van der Waals surface area contributed by atoms with Crippen molar-refractivity contribution in [2.45, 2.75) is 20.8 Å². The van der Waals surface area contributed by atoms with Crippen LogP contribution in [0.4, 0.5) is 0 Å². The van der Waals surface area contributed by atoms with Crippen molar-refractivity contribution in [3.05, 3.63) is 51.9 Å². The summed E-state index contributed by atoms with van der Waals surface area (Å²) in [4.78, 5) is 48.1. The van der Waals surface area contributed by atoms with Gasteiger partial charge in [-0.1, -0.05) is 18.2 Å². The second kappa shape index (κ2) is 10.7. The number of rotatable bonds is 9. The van der Waals surface area contributed by atoms with Crippen LogP contribution in [-0.2, 0) is 19.1 Å². The number of hydrogen-bond acceptors (Lipinski definition) is 8. The molecule has 0 saturated heterocycles. The van der Waals surface area contributed by atoms with Crippen molar-refractivity contribution in [3.8, 4) is 11.4 Å². The second-order valence-electron chi connectivity index (χ2n) is 5.98. The minimum atomic E-state index is -0.804. The van der Waals surface area contributed by atoms with E-state index < -0.39 is 30.0 Å². The third-order valence-electron chi connectivity index (χ3n) is 3.80. The molecule has 0 saturated carbocycles. The maximum absolute atomic E-state index is 12.6. The normalized spacial score (nSPS) is 10.2. The summed E-state index contributed by atoms with van der Waals surface area (Å²) in [6, 6.07) is 8.08. The molecule has 0 fully saturated rings. The Hall–Kier alpha value is -3.69. The molecule has 1 N–H and O–H groups in total. The second-order valence-corrected chi connectivity index (χ2v) is 5.98. The number of nitrogens with zero attached hydrogens (tertiary/aromatic N) is 2. The van der Waals surface area contributed by atoms with Gasteiger partial charge in [0.15, 0.2) is 12.4 Å². The van der Waals surface area contributed by atoms with E-state index in [0.29, 0.717) is 5.69 Å². The average molecular weight is 417 g/mol. The molecule has 0 aliphatic rings. The molecule has 0 unspecified atom stereocenters. The Balaban J connectivity index is 2.26. The molecule has 1 amide bonds.